The lowest BCUT2D eigenvalue weighted by atomic mass is 9.46. The second kappa shape index (κ2) is 4.23. The van der Waals surface area contributed by atoms with Crippen LogP contribution in [0.25, 0.3) is 0 Å². The maximum atomic E-state index is 6.14. The third-order valence-electron chi connectivity index (χ3n) is 6.73. The van der Waals surface area contributed by atoms with Gasteiger partial charge in [-0.2, -0.15) is 0 Å². The van der Waals surface area contributed by atoms with Gasteiger partial charge in [0, 0.05) is 0 Å². The van der Waals surface area contributed by atoms with Gasteiger partial charge in [0.25, 0.3) is 0 Å². The largest absolute Gasteiger partial charge is 0.378 e. The fourth-order valence-corrected chi connectivity index (χ4v) is 5.97. The summed E-state index contributed by atoms with van der Waals surface area (Å²) in [6.45, 7) is 11.0. The van der Waals surface area contributed by atoms with E-state index < -0.39 is 0 Å². The van der Waals surface area contributed by atoms with Crippen LogP contribution in [-0.4, -0.2) is 12.7 Å². The van der Waals surface area contributed by atoms with Crippen LogP contribution in [0.2, 0.25) is 0 Å². The monoisotopic (exact) mass is 250 g/mol. The molecule has 3 aliphatic rings. The lowest BCUT2D eigenvalue weighted by molar-refractivity contribution is -0.111. The minimum atomic E-state index is 0.554. The molecule has 1 heteroatoms. The molecule has 1 aliphatic heterocycles. The minimum absolute atomic E-state index is 0.554. The molecule has 2 saturated carbocycles. The van der Waals surface area contributed by atoms with E-state index in [0.717, 1.165) is 24.4 Å². The van der Waals surface area contributed by atoms with Crippen molar-refractivity contribution < 1.29 is 4.74 Å². The fourth-order valence-electron chi connectivity index (χ4n) is 5.97. The molecule has 0 spiro atoms. The van der Waals surface area contributed by atoms with Crippen molar-refractivity contribution >= 4 is 0 Å². The zero-order chi connectivity index (χ0) is 13.0. The second-order valence-electron chi connectivity index (χ2n) is 8.04. The Labute approximate surface area is 113 Å². The van der Waals surface area contributed by atoms with Gasteiger partial charge in [0.1, 0.15) is 0 Å². The van der Waals surface area contributed by atoms with E-state index in [4.69, 9.17) is 4.74 Å². The molecule has 0 amide bonds. The van der Waals surface area contributed by atoms with Gasteiger partial charge in [0.15, 0.2) is 0 Å². The van der Waals surface area contributed by atoms with Crippen LogP contribution in [0.15, 0.2) is 0 Å². The molecule has 0 aromatic heterocycles. The molecular formula is C17H30O. The molecule has 2 aliphatic carbocycles. The molecule has 0 radical (unpaired) electrons. The van der Waals surface area contributed by atoms with Crippen LogP contribution < -0.4 is 0 Å². The molecule has 5 atom stereocenters. The molecule has 0 N–H and O–H groups in total. The summed E-state index contributed by atoms with van der Waals surface area (Å²) in [4.78, 5) is 0. The van der Waals surface area contributed by atoms with Crippen molar-refractivity contribution in [3.63, 3.8) is 0 Å². The molecule has 0 bridgehead atoms. The Bertz CT molecular complexity index is 316. The van der Waals surface area contributed by atoms with E-state index in [1.54, 1.807) is 0 Å². The van der Waals surface area contributed by atoms with Gasteiger partial charge in [-0.25, -0.2) is 0 Å². The number of rotatable bonds is 1. The lowest BCUT2D eigenvalue weighted by Gasteiger charge is -2.58. The second-order valence-corrected chi connectivity index (χ2v) is 8.04. The molecular weight excluding hydrogens is 220 g/mol. The normalized spacial score (nSPS) is 50.7. The van der Waals surface area contributed by atoms with Crippen molar-refractivity contribution in [2.24, 2.45) is 28.6 Å². The van der Waals surface area contributed by atoms with Crippen molar-refractivity contribution in [3.8, 4) is 0 Å². The van der Waals surface area contributed by atoms with Crippen LogP contribution in [0, 0.1) is 28.6 Å². The summed E-state index contributed by atoms with van der Waals surface area (Å²) >= 11 is 0. The van der Waals surface area contributed by atoms with Crippen LogP contribution in [0.5, 0.6) is 0 Å². The van der Waals surface area contributed by atoms with Gasteiger partial charge < -0.3 is 4.74 Å². The molecule has 104 valence electrons. The molecule has 1 heterocycles. The van der Waals surface area contributed by atoms with Crippen molar-refractivity contribution in [2.45, 2.75) is 72.3 Å². The van der Waals surface area contributed by atoms with E-state index in [9.17, 15) is 0 Å². The molecule has 1 saturated heterocycles. The topological polar surface area (TPSA) is 9.23 Å². The summed E-state index contributed by atoms with van der Waals surface area (Å²) in [5, 5.41) is 0. The smallest absolute Gasteiger partial charge is 0.0612 e. The van der Waals surface area contributed by atoms with Gasteiger partial charge in [-0.3, -0.25) is 0 Å². The van der Waals surface area contributed by atoms with Crippen molar-refractivity contribution in [1.82, 2.24) is 0 Å². The molecule has 0 aromatic carbocycles. The lowest BCUT2D eigenvalue weighted by Crippen LogP contribution is -2.53. The highest BCUT2D eigenvalue weighted by Crippen LogP contribution is 2.63. The Morgan fingerprint density at radius 2 is 1.89 bits per heavy atom. The van der Waals surface area contributed by atoms with E-state index in [0.29, 0.717) is 16.9 Å². The SMILES string of the molecule is CCC1COC2CCC3C(C)(C)CCCC3(C)C12. The van der Waals surface area contributed by atoms with Gasteiger partial charge in [-0.05, 0) is 54.3 Å². The number of hydrogen-bond donors (Lipinski definition) is 0. The zero-order valence-electron chi connectivity index (χ0n) is 12.7. The highest BCUT2D eigenvalue weighted by molar-refractivity contribution is 5.07. The molecule has 0 aromatic rings. The molecule has 5 unspecified atom stereocenters. The van der Waals surface area contributed by atoms with Crippen LogP contribution in [0.1, 0.15) is 66.2 Å². The first-order chi connectivity index (χ1) is 8.49. The highest BCUT2D eigenvalue weighted by atomic mass is 16.5. The summed E-state index contributed by atoms with van der Waals surface area (Å²) in [5.41, 5.74) is 1.11. The first-order valence-electron chi connectivity index (χ1n) is 8.10. The predicted octanol–water partition coefficient (Wildman–Crippen LogP) is 4.65. The van der Waals surface area contributed by atoms with E-state index in [2.05, 4.69) is 27.7 Å². The Morgan fingerprint density at radius 3 is 2.61 bits per heavy atom. The average Bonchev–Trinajstić information content (AvgIpc) is 2.72. The minimum Gasteiger partial charge on any atom is -0.378 e. The highest BCUT2D eigenvalue weighted by Gasteiger charge is 2.58. The van der Waals surface area contributed by atoms with Gasteiger partial charge in [0.05, 0.1) is 12.7 Å². The third kappa shape index (κ3) is 1.69. The summed E-state index contributed by atoms with van der Waals surface area (Å²) in [7, 11) is 0. The van der Waals surface area contributed by atoms with Crippen LogP contribution in [-0.2, 0) is 4.74 Å². The summed E-state index contributed by atoms with van der Waals surface area (Å²) < 4.78 is 6.14. The van der Waals surface area contributed by atoms with Crippen LogP contribution >= 0.6 is 0 Å². The maximum absolute atomic E-state index is 6.14. The van der Waals surface area contributed by atoms with Gasteiger partial charge in [-0.1, -0.05) is 40.5 Å². The number of fused-ring (bicyclic) bond motifs is 3. The first-order valence-corrected chi connectivity index (χ1v) is 8.10. The Morgan fingerprint density at radius 1 is 1.11 bits per heavy atom. The van der Waals surface area contributed by atoms with Gasteiger partial charge in [-0.15, -0.1) is 0 Å². The Balaban J connectivity index is 1.94. The van der Waals surface area contributed by atoms with E-state index in [1.165, 1.54) is 38.5 Å². The van der Waals surface area contributed by atoms with Crippen molar-refractivity contribution in [2.75, 3.05) is 6.61 Å². The van der Waals surface area contributed by atoms with Gasteiger partial charge in [0.2, 0.25) is 0 Å². The maximum Gasteiger partial charge on any atom is 0.0612 e. The predicted molar refractivity (Wildman–Crippen MR) is 75.5 cm³/mol. The van der Waals surface area contributed by atoms with Gasteiger partial charge >= 0.3 is 0 Å². The first kappa shape index (κ1) is 13.0. The number of ether oxygens (including phenoxy) is 1. The molecule has 1 nitrogen and oxygen atoms in total. The van der Waals surface area contributed by atoms with Crippen molar-refractivity contribution in [3.05, 3.63) is 0 Å². The third-order valence-corrected chi connectivity index (χ3v) is 6.73. The molecule has 18 heavy (non-hydrogen) atoms. The van der Waals surface area contributed by atoms with Crippen molar-refractivity contribution in [1.29, 1.82) is 0 Å². The average molecular weight is 250 g/mol. The number of hydrogen-bond acceptors (Lipinski definition) is 1. The zero-order valence-corrected chi connectivity index (χ0v) is 12.7. The summed E-state index contributed by atoms with van der Waals surface area (Å²) in [6, 6.07) is 0. The standard InChI is InChI=1S/C17H30O/c1-5-12-11-18-13-7-8-14-16(2,3)9-6-10-17(14,4)15(12)13/h12-15H,5-11H2,1-4H3. The molecule has 3 fully saturated rings. The van der Waals surface area contributed by atoms with E-state index in [1.807, 2.05) is 0 Å². The van der Waals surface area contributed by atoms with E-state index >= 15 is 0 Å². The molecule has 3 rings (SSSR count). The van der Waals surface area contributed by atoms with E-state index in [-0.39, 0.29) is 0 Å². The Kier molecular flexibility index (Phi) is 3.05. The quantitative estimate of drug-likeness (QED) is 0.658. The summed E-state index contributed by atoms with van der Waals surface area (Å²) in [6.07, 6.45) is 8.94. The van der Waals surface area contributed by atoms with Crippen LogP contribution in [0.4, 0.5) is 0 Å². The van der Waals surface area contributed by atoms with Crippen LogP contribution in [0.3, 0.4) is 0 Å². The fraction of sp³-hybridized carbons (Fsp3) is 1.00. The summed E-state index contributed by atoms with van der Waals surface area (Å²) in [5.74, 6) is 2.60. The Hall–Kier alpha value is -0.0400.